The van der Waals surface area contributed by atoms with Gasteiger partial charge < -0.3 is 5.73 Å². The van der Waals surface area contributed by atoms with Crippen LogP contribution in [-0.4, -0.2) is 9.78 Å². The van der Waals surface area contributed by atoms with Crippen LogP contribution in [0.25, 0.3) is 5.69 Å². The number of hydrogen-bond acceptors (Lipinski definition) is 4. The van der Waals surface area contributed by atoms with Gasteiger partial charge in [-0.05, 0) is 31.2 Å². The van der Waals surface area contributed by atoms with E-state index in [-0.39, 0.29) is 0 Å². The number of hydrogen-bond donors (Lipinski definition) is 1. The Balaban J connectivity index is 2.55. The second-order valence-corrected chi connectivity index (χ2v) is 3.53. The zero-order valence-corrected chi connectivity index (χ0v) is 9.18. The quantitative estimate of drug-likeness (QED) is 0.793. The topological polar surface area (TPSA) is 91.4 Å². The summed E-state index contributed by atoms with van der Waals surface area (Å²) in [4.78, 5) is 0. The lowest BCUT2D eigenvalue weighted by Gasteiger charge is -2.03. The molecule has 0 saturated heterocycles. The van der Waals surface area contributed by atoms with E-state index in [0.717, 1.165) is 5.69 Å². The molecule has 0 spiro atoms. The SMILES string of the molecule is Cc1nn(-c2ccc(C#N)cc2)c(N)c1C#N. The predicted molar refractivity (Wildman–Crippen MR) is 62.1 cm³/mol. The molecular weight excluding hydrogens is 214 g/mol. The predicted octanol–water partition coefficient (Wildman–Crippen LogP) is 1.51. The van der Waals surface area contributed by atoms with Crippen LogP contribution in [0, 0.1) is 29.6 Å². The van der Waals surface area contributed by atoms with E-state index in [2.05, 4.69) is 5.10 Å². The lowest BCUT2D eigenvalue weighted by Crippen LogP contribution is -2.02. The number of nitriles is 2. The maximum atomic E-state index is 8.92. The molecule has 2 rings (SSSR count). The van der Waals surface area contributed by atoms with Crippen molar-refractivity contribution in [3.8, 4) is 17.8 Å². The number of aromatic nitrogens is 2. The molecule has 0 amide bonds. The van der Waals surface area contributed by atoms with Crippen molar-refractivity contribution in [3.05, 3.63) is 41.1 Å². The highest BCUT2D eigenvalue weighted by Crippen LogP contribution is 2.19. The Morgan fingerprint density at radius 3 is 2.29 bits per heavy atom. The number of nitrogen functional groups attached to an aromatic ring is 1. The molecule has 0 aliphatic rings. The number of nitrogens with zero attached hydrogens (tertiary/aromatic N) is 4. The second-order valence-electron chi connectivity index (χ2n) is 3.53. The molecule has 0 saturated carbocycles. The molecule has 17 heavy (non-hydrogen) atoms. The van der Waals surface area contributed by atoms with Gasteiger partial charge >= 0.3 is 0 Å². The Labute approximate surface area is 98.3 Å². The van der Waals surface area contributed by atoms with Crippen LogP contribution in [0.2, 0.25) is 0 Å². The molecule has 0 atom stereocenters. The minimum atomic E-state index is 0.315. The monoisotopic (exact) mass is 223 g/mol. The van der Waals surface area contributed by atoms with Gasteiger partial charge in [0.2, 0.25) is 0 Å². The number of nitrogens with two attached hydrogens (primary N) is 1. The fourth-order valence-electron chi connectivity index (χ4n) is 1.56. The Morgan fingerprint density at radius 2 is 1.82 bits per heavy atom. The minimum Gasteiger partial charge on any atom is -0.382 e. The molecule has 0 fully saturated rings. The highest BCUT2D eigenvalue weighted by molar-refractivity contribution is 5.56. The largest absolute Gasteiger partial charge is 0.382 e. The third-order valence-corrected chi connectivity index (χ3v) is 2.45. The van der Waals surface area contributed by atoms with Gasteiger partial charge in [0, 0.05) is 0 Å². The van der Waals surface area contributed by atoms with Crippen molar-refractivity contribution >= 4 is 5.82 Å². The molecule has 82 valence electrons. The summed E-state index contributed by atoms with van der Waals surface area (Å²) in [5, 5.41) is 21.8. The van der Waals surface area contributed by atoms with E-state index in [9.17, 15) is 0 Å². The smallest absolute Gasteiger partial charge is 0.145 e. The van der Waals surface area contributed by atoms with Crippen LogP contribution in [0.4, 0.5) is 5.82 Å². The van der Waals surface area contributed by atoms with Gasteiger partial charge in [-0.3, -0.25) is 0 Å². The average molecular weight is 223 g/mol. The fraction of sp³-hybridized carbons (Fsp3) is 0.0833. The molecule has 1 aromatic carbocycles. The van der Waals surface area contributed by atoms with Gasteiger partial charge in [0.25, 0.3) is 0 Å². The van der Waals surface area contributed by atoms with Crippen LogP contribution < -0.4 is 5.73 Å². The Kier molecular flexibility index (Phi) is 2.52. The van der Waals surface area contributed by atoms with Gasteiger partial charge in [-0.25, -0.2) is 4.68 Å². The lowest BCUT2D eigenvalue weighted by atomic mass is 10.2. The van der Waals surface area contributed by atoms with Crippen LogP contribution in [0.1, 0.15) is 16.8 Å². The van der Waals surface area contributed by atoms with Crippen molar-refractivity contribution in [1.82, 2.24) is 9.78 Å². The molecule has 0 aliphatic carbocycles. The maximum absolute atomic E-state index is 8.92. The molecule has 2 N–H and O–H groups in total. The molecule has 1 aromatic heterocycles. The van der Waals surface area contributed by atoms with Crippen molar-refractivity contribution in [3.63, 3.8) is 0 Å². The van der Waals surface area contributed by atoms with Crippen molar-refractivity contribution in [2.75, 3.05) is 5.73 Å². The number of benzene rings is 1. The first-order valence-electron chi connectivity index (χ1n) is 4.93. The Hall–Kier alpha value is -2.79. The maximum Gasteiger partial charge on any atom is 0.145 e. The molecule has 5 nitrogen and oxygen atoms in total. The van der Waals surface area contributed by atoms with E-state index in [1.165, 1.54) is 4.68 Å². The summed E-state index contributed by atoms with van der Waals surface area (Å²) in [7, 11) is 0. The van der Waals surface area contributed by atoms with E-state index in [4.69, 9.17) is 16.3 Å². The molecule has 2 aromatic rings. The van der Waals surface area contributed by atoms with Gasteiger partial charge in [-0.1, -0.05) is 0 Å². The third-order valence-electron chi connectivity index (χ3n) is 2.45. The normalized spacial score (nSPS) is 9.59. The van der Waals surface area contributed by atoms with Gasteiger partial charge in [-0.2, -0.15) is 15.6 Å². The van der Waals surface area contributed by atoms with Crippen LogP contribution in [0.5, 0.6) is 0 Å². The fourth-order valence-corrected chi connectivity index (χ4v) is 1.56. The zero-order valence-electron chi connectivity index (χ0n) is 9.18. The summed E-state index contributed by atoms with van der Waals surface area (Å²) in [6.45, 7) is 1.73. The van der Waals surface area contributed by atoms with E-state index in [1.54, 1.807) is 31.2 Å². The van der Waals surface area contributed by atoms with Crippen LogP contribution in [0.15, 0.2) is 24.3 Å². The molecule has 0 radical (unpaired) electrons. The molecule has 0 aliphatic heterocycles. The lowest BCUT2D eigenvalue weighted by molar-refractivity contribution is 0.872. The first-order chi connectivity index (χ1) is 8.17. The highest BCUT2D eigenvalue weighted by Gasteiger charge is 2.12. The summed E-state index contributed by atoms with van der Waals surface area (Å²) in [5.41, 5.74) is 8.10. The summed E-state index contributed by atoms with van der Waals surface area (Å²) < 4.78 is 1.50. The van der Waals surface area contributed by atoms with Crippen molar-refractivity contribution in [2.24, 2.45) is 0 Å². The first kappa shape index (κ1) is 10.7. The molecular formula is C12H9N5. The van der Waals surface area contributed by atoms with E-state index in [0.29, 0.717) is 22.6 Å². The first-order valence-corrected chi connectivity index (χ1v) is 4.93. The van der Waals surface area contributed by atoms with Crippen LogP contribution in [0.3, 0.4) is 0 Å². The van der Waals surface area contributed by atoms with Gasteiger partial charge in [0.15, 0.2) is 0 Å². The molecule has 1 heterocycles. The molecule has 5 heteroatoms. The van der Waals surface area contributed by atoms with E-state index >= 15 is 0 Å². The second kappa shape index (κ2) is 3.99. The number of aryl methyl sites for hydroxylation is 1. The highest BCUT2D eigenvalue weighted by atomic mass is 15.3. The summed E-state index contributed by atoms with van der Waals surface area (Å²) in [6.07, 6.45) is 0. The van der Waals surface area contributed by atoms with E-state index in [1.807, 2.05) is 12.1 Å². The van der Waals surface area contributed by atoms with Gasteiger partial charge in [-0.15, -0.1) is 0 Å². The van der Waals surface area contributed by atoms with Crippen LogP contribution >= 0.6 is 0 Å². The van der Waals surface area contributed by atoms with Crippen molar-refractivity contribution < 1.29 is 0 Å². The molecule has 0 bridgehead atoms. The summed E-state index contributed by atoms with van der Waals surface area (Å²) in [6, 6.07) is 10.9. The summed E-state index contributed by atoms with van der Waals surface area (Å²) >= 11 is 0. The Bertz CT molecular complexity index is 637. The molecule has 0 unspecified atom stereocenters. The zero-order chi connectivity index (χ0) is 12.4. The average Bonchev–Trinajstić information content (AvgIpc) is 2.64. The minimum absolute atomic E-state index is 0.315. The van der Waals surface area contributed by atoms with Gasteiger partial charge in [0.1, 0.15) is 17.5 Å². The van der Waals surface area contributed by atoms with Gasteiger partial charge in [0.05, 0.1) is 23.0 Å². The van der Waals surface area contributed by atoms with Crippen molar-refractivity contribution in [2.45, 2.75) is 6.92 Å². The summed E-state index contributed by atoms with van der Waals surface area (Å²) in [5.74, 6) is 0.315. The number of rotatable bonds is 1. The van der Waals surface area contributed by atoms with E-state index < -0.39 is 0 Å². The van der Waals surface area contributed by atoms with Crippen molar-refractivity contribution in [1.29, 1.82) is 10.5 Å². The number of anilines is 1. The Morgan fingerprint density at radius 1 is 1.18 bits per heavy atom. The third kappa shape index (κ3) is 1.70. The standard InChI is InChI=1S/C12H9N5/c1-8-11(7-14)12(15)17(16-8)10-4-2-9(6-13)3-5-10/h2-5H,15H2,1H3. The van der Waals surface area contributed by atoms with Crippen LogP contribution in [-0.2, 0) is 0 Å².